The van der Waals surface area contributed by atoms with E-state index >= 15 is 0 Å². The van der Waals surface area contributed by atoms with Crippen molar-refractivity contribution in [3.8, 4) is 0 Å². The highest BCUT2D eigenvalue weighted by molar-refractivity contribution is 5.95. The van der Waals surface area contributed by atoms with E-state index in [0.29, 0.717) is 5.65 Å². The zero-order chi connectivity index (χ0) is 20.4. The number of esters is 1. The Hall–Kier alpha value is -3.29. The number of pyridine rings is 1. The fourth-order valence-corrected chi connectivity index (χ4v) is 2.87. The summed E-state index contributed by atoms with van der Waals surface area (Å²) in [5.74, 6) is -1.44. The third-order valence-electron chi connectivity index (χ3n) is 4.48. The largest absolute Gasteiger partial charge is 0.449 e. The molecule has 2 heterocycles. The van der Waals surface area contributed by atoms with E-state index in [4.69, 9.17) is 4.74 Å². The summed E-state index contributed by atoms with van der Waals surface area (Å²) in [6, 6.07) is 7.13. The molecule has 0 aliphatic rings. The number of ether oxygens (including phenoxy) is 1. The highest BCUT2D eigenvalue weighted by Gasteiger charge is 2.22. The molecule has 0 bridgehead atoms. The van der Waals surface area contributed by atoms with Gasteiger partial charge < -0.3 is 10.1 Å². The zero-order valence-electron chi connectivity index (χ0n) is 16.1. The molecule has 0 spiro atoms. The molecular weight excluding hydrogens is 363 g/mol. The first-order valence-electron chi connectivity index (χ1n) is 8.82. The lowest BCUT2D eigenvalue weighted by Crippen LogP contribution is -2.37. The second-order valence-electron chi connectivity index (χ2n) is 6.63. The molecule has 0 aliphatic heterocycles. The minimum atomic E-state index is -0.999. The van der Waals surface area contributed by atoms with E-state index < -0.39 is 18.0 Å². The molecular formula is C20H21FN4O3. The fourth-order valence-electron chi connectivity index (χ4n) is 2.87. The molecule has 1 amide bonds. The van der Waals surface area contributed by atoms with E-state index in [1.54, 1.807) is 36.9 Å². The number of nitrogens with one attached hydrogen (secondary N) is 1. The lowest BCUT2D eigenvalue weighted by molar-refractivity contribution is -0.129. The van der Waals surface area contributed by atoms with Crippen molar-refractivity contribution in [1.29, 1.82) is 0 Å². The topological polar surface area (TPSA) is 86.1 Å². The van der Waals surface area contributed by atoms with Gasteiger partial charge in [-0.05, 0) is 44.5 Å². The summed E-state index contributed by atoms with van der Waals surface area (Å²) in [4.78, 5) is 29.0. The van der Waals surface area contributed by atoms with Crippen molar-refractivity contribution in [3.05, 3.63) is 59.2 Å². The van der Waals surface area contributed by atoms with Gasteiger partial charge in [0.2, 0.25) is 0 Å². The van der Waals surface area contributed by atoms with Crippen molar-refractivity contribution >= 4 is 22.9 Å². The van der Waals surface area contributed by atoms with Gasteiger partial charge in [0, 0.05) is 18.6 Å². The van der Waals surface area contributed by atoms with Gasteiger partial charge in [0.25, 0.3) is 5.91 Å². The van der Waals surface area contributed by atoms with Gasteiger partial charge in [-0.25, -0.2) is 14.2 Å². The minimum absolute atomic E-state index is 0.245. The number of fused-ring (bicyclic) bond motifs is 1. The summed E-state index contributed by atoms with van der Waals surface area (Å²) < 4.78 is 19.9. The molecule has 0 aliphatic carbocycles. The Kier molecular flexibility index (Phi) is 5.39. The monoisotopic (exact) mass is 384 g/mol. The maximum Gasteiger partial charge on any atom is 0.340 e. The Morgan fingerprint density at radius 3 is 2.57 bits per heavy atom. The minimum Gasteiger partial charge on any atom is -0.449 e. The molecule has 0 saturated carbocycles. The highest BCUT2D eigenvalue weighted by Crippen LogP contribution is 2.18. The zero-order valence-corrected chi connectivity index (χ0v) is 16.1. The van der Waals surface area contributed by atoms with Crippen LogP contribution in [0.4, 0.5) is 4.39 Å². The first-order chi connectivity index (χ1) is 13.3. The van der Waals surface area contributed by atoms with Crippen molar-refractivity contribution in [1.82, 2.24) is 20.1 Å². The number of carbonyl (C=O) groups is 2. The summed E-state index contributed by atoms with van der Waals surface area (Å²) in [6.45, 7) is 5.08. The fraction of sp³-hybridized carbons (Fsp3) is 0.300. The summed E-state index contributed by atoms with van der Waals surface area (Å²) in [6.07, 6.45) is 0.401. The van der Waals surface area contributed by atoms with Crippen LogP contribution in [0.25, 0.3) is 11.0 Å². The van der Waals surface area contributed by atoms with Crippen molar-refractivity contribution in [2.45, 2.75) is 32.9 Å². The van der Waals surface area contributed by atoms with Crippen molar-refractivity contribution in [3.63, 3.8) is 0 Å². The molecule has 2 aromatic heterocycles. The number of halogens is 1. The number of aromatic nitrogens is 3. The molecule has 2 atom stereocenters. The van der Waals surface area contributed by atoms with Gasteiger partial charge in [-0.15, -0.1) is 0 Å². The van der Waals surface area contributed by atoms with Crippen LogP contribution in [0.5, 0.6) is 0 Å². The van der Waals surface area contributed by atoms with E-state index in [2.05, 4.69) is 15.4 Å². The van der Waals surface area contributed by atoms with Gasteiger partial charge in [-0.2, -0.15) is 5.10 Å². The molecule has 0 saturated heterocycles. The van der Waals surface area contributed by atoms with Gasteiger partial charge in [-0.1, -0.05) is 12.1 Å². The van der Waals surface area contributed by atoms with Crippen LogP contribution in [0.3, 0.4) is 0 Å². The molecule has 2 unspecified atom stereocenters. The van der Waals surface area contributed by atoms with Crippen LogP contribution in [-0.2, 0) is 16.6 Å². The number of carbonyl (C=O) groups excluding carboxylic acids is 2. The summed E-state index contributed by atoms with van der Waals surface area (Å²) in [5, 5.41) is 7.76. The Morgan fingerprint density at radius 2 is 1.89 bits per heavy atom. The van der Waals surface area contributed by atoms with Crippen LogP contribution < -0.4 is 5.32 Å². The van der Waals surface area contributed by atoms with E-state index in [-0.39, 0.29) is 17.4 Å². The molecule has 8 heteroatoms. The number of nitrogens with zero attached hydrogens (tertiary/aromatic N) is 3. The normalized spacial score (nSPS) is 13.2. The lowest BCUT2D eigenvalue weighted by atomic mass is 10.1. The van der Waals surface area contributed by atoms with Crippen LogP contribution in [-0.4, -0.2) is 32.7 Å². The number of amides is 1. The van der Waals surface area contributed by atoms with Gasteiger partial charge >= 0.3 is 5.97 Å². The van der Waals surface area contributed by atoms with Crippen molar-refractivity contribution in [2.24, 2.45) is 7.05 Å². The maximum absolute atomic E-state index is 13.0. The van der Waals surface area contributed by atoms with Crippen LogP contribution >= 0.6 is 0 Å². The summed E-state index contributed by atoms with van der Waals surface area (Å²) in [5.41, 5.74) is 2.40. The molecule has 0 fully saturated rings. The van der Waals surface area contributed by atoms with E-state index in [1.807, 2.05) is 6.92 Å². The molecule has 7 nitrogen and oxygen atoms in total. The van der Waals surface area contributed by atoms with Gasteiger partial charge in [-0.3, -0.25) is 9.48 Å². The Balaban J connectivity index is 1.65. The molecule has 3 rings (SSSR count). The smallest absolute Gasteiger partial charge is 0.340 e. The predicted molar refractivity (Wildman–Crippen MR) is 101 cm³/mol. The summed E-state index contributed by atoms with van der Waals surface area (Å²) in [7, 11) is 1.77. The Bertz CT molecular complexity index is 1030. The number of hydrogen-bond acceptors (Lipinski definition) is 5. The van der Waals surface area contributed by atoms with Crippen LogP contribution in [0, 0.1) is 12.7 Å². The second kappa shape index (κ2) is 7.75. The van der Waals surface area contributed by atoms with Crippen molar-refractivity contribution in [2.75, 3.05) is 0 Å². The van der Waals surface area contributed by atoms with Gasteiger partial charge in [0.15, 0.2) is 11.8 Å². The lowest BCUT2D eigenvalue weighted by Gasteiger charge is -2.18. The average Bonchev–Trinajstić information content (AvgIpc) is 2.95. The van der Waals surface area contributed by atoms with Crippen molar-refractivity contribution < 1.29 is 18.7 Å². The predicted octanol–water partition coefficient (Wildman–Crippen LogP) is 2.84. The second-order valence-corrected chi connectivity index (χ2v) is 6.63. The van der Waals surface area contributed by atoms with Crippen LogP contribution in [0.2, 0.25) is 0 Å². The number of benzene rings is 1. The number of aryl methyl sites for hydroxylation is 2. The first kappa shape index (κ1) is 19.5. The molecule has 1 N–H and O–H groups in total. The van der Waals surface area contributed by atoms with Gasteiger partial charge in [0.05, 0.1) is 17.3 Å². The van der Waals surface area contributed by atoms with E-state index in [9.17, 15) is 14.0 Å². The van der Waals surface area contributed by atoms with E-state index in [0.717, 1.165) is 16.6 Å². The SMILES string of the molecule is Cc1nn(C)c2ncc(C(=O)OC(C)C(=O)NC(C)c3ccc(F)cc3)cc12. The maximum atomic E-state index is 13.0. The third kappa shape index (κ3) is 4.00. The molecule has 1 aromatic carbocycles. The third-order valence-corrected chi connectivity index (χ3v) is 4.48. The number of rotatable bonds is 5. The van der Waals surface area contributed by atoms with E-state index in [1.165, 1.54) is 25.3 Å². The molecule has 3 aromatic rings. The van der Waals surface area contributed by atoms with Crippen LogP contribution in [0.15, 0.2) is 36.5 Å². The first-order valence-corrected chi connectivity index (χ1v) is 8.82. The summed E-state index contributed by atoms with van der Waals surface area (Å²) >= 11 is 0. The quantitative estimate of drug-likeness (QED) is 0.684. The number of hydrogen-bond donors (Lipinski definition) is 1. The van der Waals surface area contributed by atoms with Gasteiger partial charge in [0.1, 0.15) is 5.82 Å². The molecule has 146 valence electrons. The highest BCUT2D eigenvalue weighted by atomic mass is 19.1. The Morgan fingerprint density at radius 1 is 1.21 bits per heavy atom. The average molecular weight is 384 g/mol. The van der Waals surface area contributed by atoms with Crippen LogP contribution in [0.1, 0.15) is 41.5 Å². The molecule has 0 radical (unpaired) electrons. The molecule has 28 heavy (non-hydrogen) atoms. The Labute approximate surface area is 161 Å². The standard InChI is InChI=1S/C20H21FN4O3/c1-11(14-5-7-16(21)8-6-14)23-19(26)13(3)28-20(27)15-9-17-12(2)24-25(4)18(17)22-10-15/h5-11,13H,1-4H3,(H,23,26).